The molecule has 33 heavy (non-hydrogen) atoms. The van der Waals surface area contributed by atoms with E-state index in [1.165, 1.54) is 16.6 Å². The van der Waals surface area contributed by atoms with Crippen LogP contribution in [0.2, 0.25) is 0 Å². The second-order valence-electron chi connectivity index (χ2n) is 8.53. The van der Waals surface area contributed by atoms with Crippen LogP contribution in [0.3, 0.4) is 0 Å². The van der Waals surface area contributed by atoms with Crippen molar-refractivity contribution >= 4 is 39.2 Å². The van der Waals surface area contributed by atoms with Gasteiger partial charge < -0.3 is 10.1 Å². The number of thioether (sulfide) groups is 1. The summed E-state index contributed by atoms with van der Waals surface area (Å²) >= 11 is 2.89. The Labute approximate surface area is 202 Å². The van der Waals surface area contributed by atoms with Crippen LogP contribution in [0.1, 0.15) is 31.2 Å². The molecule has 1 aliphatic rings. The van der Waals surface area contributed by atoms with Crippen molar-refractivity contribution < 1.29 is 9.53 Å². The molecular weight excluding hydrogens is 456 g/mol. The van der Waals surface area contributed by atoms with Gasteiger partial charge in [0.15, 0.2) is 5.16 Å². The fourth-order valence-electron chi connectivity index (χ4n) is 3.92. The van der Waals surface area contributed by atoms with E-state index in [9.17, 15) is 9.59 Å². The van der Waals surface area contributed by atoms with Gasteiger partial charge in [-0.1, -0.05) is 38.6 Å². The molecule has 1 aliphatic heterocycles. The highest BCUT2D eigenvalue weighted by molar-refractivity contribution is 7.99. The summed E-state index contributed by atoms with van der Waals surface area (Å²) in [4.78, 5) is 35.5. The second kappa shape index (κ2) is 10.3. The zero-order chi connectivity index (χ0) is 23.5. The molecule has 0 saturated carbocycles. The van der Waals surface area contributed by atoms with Crippen molar-refractivity contribution in [3.63, 3.8) is 0 Å². The number of aromatic nitrogens is 2. The predicted octanol–water partition coefficient (Wildman–Crippen LogP) is 3.70. The van der Waals surface area contributed by atoms with Crippen molar-refractivity contribution in [1.29, 1.82) is 0 Å². The predicted molar refractivity (Wildman–Crippen MR) is 135 cm³/mol. The zero-order valence-electron chi connectivity index (χ0n) is 19.5. The van der Waals surface area contributed by atoms with E-state index in [0.717, 1.165) is 36.4 Å². The lowest BCUT2D eigenvalue weighted by Crippen LogP contribution is -2.30. The lowest BCUT2D eigenvalue weighted by molar-refractivity contribution is -0.118. The van der Waals surface area contributed by atoms with Gasteiger partial charge in [-0.05, 0) is 36.6 Å². The summed E-state index contributed by atoms with van der Waals surface area (Å²) in [7, 11) is 1.60. The number of thiophene rings is 1. The van der Waals surface area contributed by atoms with Gasteiger partial charge in [-0.15, -0.1) is 11.3 Å². The number of hydrogen-bond donors (Lipinski definition) is 1. The molecule has 1 amide bonds. The summed E-state index contributed by atoms with van der Waals surface area (Å²) in [5.74, 6) is 1.17. The van der Waals surface area contributed by atoms with Crippen LogP contribution in [0.15, 0.2) is 34.2 Å². The van der Waals surface area contributed by atoms with Gasteiger partial charge in [0.05, 0.1) is 23.9 Å². The van der Waals surface area contributed by atoms with E-state index < -0.39 is 0 Å². The van der Waals surface area contributed by atoms with Crippen LogP contribution in [0.4, 0.5) is 0 Å². The number of fused-ring (bicyclic) bond motifs is 3. The van der Waals surface area contributed by atoms with E-state index in [1.807, 2.05) is 24.3 Å². The lowest BCUT2D eigenvalue weighted by atomic mass is 10.1. The molecule has 0 spiro atoms. The van der Waals surface area contributed by atoms with Crippen LogP contribution in [0.5, 0.6) is 5.75 Å². The Morgan fingerprint density at radius 3 is 2.91 bits per heavy atom. The van der Waals surface area contributed by atoms with Gasteiger partial charge >= 0.3 is 0 Å². The Kier molecular flexibility index (Phi) is 7.41. The van der Waals surface area contributed by atoms with Crippen molar-refractivity contribution in [3.8, 4) is 11.4 Å². The van der Waals surface area contributed by atoms with Gasteiger partial charge in [-0.3, -0.25) is 19.1 Å². The summed E-state index contributed by atoms with van der Waals surface area (Å²) in [6.45, 7) is 9.68. The van der Waals surface area contributed by atoms with Crippen molar-refractivity contribution in [2.75, 3.05) is 32.5 Å². The van der Waals surface area contributed by atoms with Crippen LogP contribution in [-0.4, -0.2) is 52.9 Å². The average molecular weight is 487 g/mol. The average Bonchev–Trinajstić information content (AvgIpc) is 3.19. The van der Waals surface area contributed by atoms with E-state index in [-0.39, 0.29) is 17.2 Å². The minimum atomic E-state index is -0.0826. The summed E-state index contributed by atoms with van der Waals surface area (Å²) in [5.41, 5.74) is 1.73. The van der Waals surface area contributed by atoms with Crippen LogP contribution in [0, 0.1) is 5.92 Å². The quantitative estimate of drug-likeness (QED) is 0.387. The van der Waals surface area contributed by atoms with Gasteiger partial charge in [0.25, 0.3) is 5.56 Å². The molecule has 0 atom stereocenters. The molecular formula is C24H30N4O3S2. The number of methoxy groups -OCH3 is 1. The largest absolute Gasteiger partial charge is 0.497 e. The number of likely N-dealkylation sites (N-methyl/N-ethyl adjacent to an activating group) is 1. The Morgan fingerprint density at radius 2 is 2.18 bits per heavy atom. The smallest absolute Gasteiger partial charge is 0.267 e. The molecule has 0 fully saturated rings. The van der Waals surface area contributed by atoms with Crippen molar-refractivity contribution in [1.82, 2.24) is 19.8 Å². The SMILES string of the molecule is CCN1CCc2c(sc3nc(SCC(=O)NCC(C)C)n(-c4cccc(OC)c4)c(=O)c23)C1. The minimum Gasteiger partial charge on any atom is -0.497 e. The number of ether oxygens (including phenoxy) is 1. The standard InChI is InChI=1S/C24H30N4O3S2/c1-5-27-10-9-18-19(13-27)33-22-21(18)23(30)28(16-7-6-8-17(11-16)31-4)24(26-22)32-14-20(29)25-12-15(2)3/h6-8,11,15H,5,9-10,12-14H2,1-4H3,(H,25,29). The first-order valence-corrected chi connectivity index (χ1v) is 13.0. The third-order valence-corrected chi connectivity index (χ3v) is 7.77. The Hall–Kier alpha value is -2.36. The molecule has 0 saturated heterocycles. The van der Waals surface area contributed by atoms with Crippen molar-refractivity contribution in [2.45, 2.75) is 38.9 Å². The first kappa shape index (κ1) is 23.8. The Balaban J connectivity index is 1.79. The fraction of sp³-hybridized carbons (Fsp3) is 0.458. The Bertz CT molecular complexity index is 1220. The summed E-state index contributed by atoms with van der Waals surface area (Å²) in [5, 5.41) is 4.16. The molecule has 1 N–H and O–H groups in total. The van der Waals surface area contributed by atoms with Gasteiger partial charge in [0.1, 0.15) is 10.6 Å². The highest BCUT2D eigenvalue weighted by Gasteiger charge is 2.25. The maximum absolute atomic E-state index is 13.9. The zero-order valence-corrected chi connectivity index (χ0v) is 21.1. The molecule has 176 valence electrons. The molecule has 7 nitrogen and oxygen atoms in total. The number of benzene rings is 1. The molecule has 0 aliphatic carbocycles. The fourth-order valence-corrected chi connectivity index (χ4v) is 6.07. The molecule has 0 bridgehead atoms. The monoisotopic (exact) mass is 486 g/mol. The van der Waals surface area contributed by atoms with Gasteiger partial charge in [0.2, 0.25) is 5.91 Å². The topological polar surface area (TPSA) is 76.5 Å². The molecule has 3 heterocycles. The van der Waals surface area contributed by atoms with E-state index in [0.29, 0.717) is 34.4 Å². The molecule has 1 aromatic carbocycles. The molecule has 4 rings (SSSR count). The second-order valence-corrected chi connectivity index (χ2v) is 10.6. The molecule has 9 heteroatoms. The highest BCUT2D eigenvalue weighted by atomic mass is 32.2. The maximum Gasteiger partial charge on any atom is 0.267 e. The van der Waals surface area contributed by atoms with Crippen LogP contribution in [-0.2, 0) is 17.8 Å². The van der Waals surface area contributed by atoms with Gasteiger partial charge in [-0.2, -0.15) is 0 Å². The number of carbonyl (C=O) groups is 1. The van der Waals surface area contributed by atoms with Crippen LogP contribution >= 0.6 is 23.1 Å². The first-order chi connectivity index (χ1) is 15.9. The molecule has 3 aromatic rings. The molecule has 0 unspecified atom stereocenters. The maximum atomic E-state index is 13.9. The van der Waals surface area contributed by atoms with Crippen molar-refractivity contribution in [2.24, 2.45) is 5.92 Å². The first-order valence-electron chi connectivity index (χ1n) is 11.2. The molecule has 0 radical (unpaired) electrons. The summed E-state index contributed by atoms with van der Waals surface area (Å²) in [6.07, 6.45) is 0.850. The van der Waals surface area contributed by atoms with E-state index in [1.54, 1.807) is 23.0 Å². The summed E-state index contributed by atoms with van der Waals surface area (Å²) in [6, 6.07) is 7.41. The van der Waals surface area contributed by atoms with Gasteiger partial charge in [0, 0.05) is 30.6 Å². The van der Waals surface area contributed by atoms with Gasteiger partial charge in [-0.25, -0.2) is 4.98 Å². The normalized spacial score (nSPS) is 14.0. The van der Waals surface area contributed by atoms with Crippen LogP contribution < -0.4 is 15.6 Å². The van der Waals surface area contributed by atoms with Crippen LogP contribution in [0.25, 0.3) is 15.9 Å². The number of nitrogens with zero attached hydrogens (tertiary/aromatic N) is 3. The number of carbonyl (C=O) groups excluding carboxylic acids is 1. The Morgan fingerprint density at radius 1 is 1.36 bits per heavy atom. The third kappa shape index (κ3) is 5.10. The minimum absolute atomic E-state index is 0.0655. The summed E-state index contributed by atoms with van der Waals surface area (Å²) < 4.78 is 7.02. The number of nitrogens with one attached hydrogen (secondary N) is 1. The number of hydrogen-bond acceptors (Lipinski definition) is 7. The highest BCUT2D eigenvalue weighted by Crippen LogP contribution is 2.34. The lowest BCUT2D eigenvalue weighted by Gasteiger charge is -2.25. The molecule has 2 aromatic heterocycles. The number of rotatable bonds is 8. The van der Waals surface area contributed by atoms with E-state index >= 15 is 0 Å². The number of amides is 1. The third-order valence-electron chi connectivity index (χ3n) is 5.72. The van der Waals surface area contributed by atoms with E-state index in [4.69, 9.17) is 9.72 Å². The van der Waals surface area contributed by atoms with Crippen molar-refractivity contribution in [3.05, 3.63) is 45.1 Å². The van der Waals surface area contributed by atoms with E-state index in [2.05, 4.69) is 31.0 Å².